The zero-order valence-electron chi connectivity index (χ0n) is 11.9. The van der Waals surface area contributed by atoms with E-state index in [9.17, 15) is 8.42 Å². The van der Waals surface area contributed by atoms with Gasteiger partial charge in [0.15, 0.2) is 0 Å². The minimum Gasteiger partial charge on any atom is -0.496 e. The topological polar surface area (TPSA) is 67.4 Å². The summed E-state index contributed by atoms with van der Waals surface area (Å²) in [5, 5.41) is 3.21. The molecule has 1 saturated heterocycles. The Morgan fingerprint density at radius 1 is 1.43 bits per heavy atom. The van der Waals surface area contributed by atoms with Crippen molar-refractivity contribution in [1.29, 1.82) is 0 Å². The largest absolute Gasteiger partial charge is 0.496 e. The second-order valence-electron chi connectivity index (χ2n) is 4.99. The summed E-state index contributed by atoms with van der Waals surface area (Å²) in [6, 6.07) is 4.67. The van der Waals surface area contributed by atoms with Crippen LogP contribution in [-0.4, -0.2) is 34.7 Å². The highest BCUT2D eigenvalue weighted by molar-refractivity contribution is 9.10. The van der Waals surface area contributed by atoms with Gasteiger partial charge in [-0.25, -0.2) is 13.1 Å². The van der Waals surface area contributed by atoms with E-state index in [1.165, 1.54) is 0 Å². The van der Waals surface area contributed by atoms with E-state index in [1.54, 1.807) is 25.3 Å². The predicted molar refractivity (Wildman–Crippen MR) is 88.7 cm³/mol. The maximum Gasteiger partial charge on any atom is 0.240 e. The third-order valence-electron chi connectivity index (χ3n) is 3.57. The molecule has 0 spiro atoms. The van der Waals surface area contributed by atoms with E-state index >= 15 is 0 Å². The highest BCUT2D eigenvalue weighted by Gasteiger charge is 2.26. The average molecular weight is 400 g/mol. The van der Waals surface area contributed by atoms with Gasteiger partial charge in [-0.2, -0.15) is 0 Å². The molecule has 2 N–H and O–H groups in total. The number of hydrogen-bond acceptors (Lipinski definition) is 4. The highest BCUT2D eigenvalue weighted by Crippen LogP contribution is 2.27. The molecule has 2 atom stereocenters. The zero-order chi connectivity index (χ0) is 14.8. The van der Waals surface area contributed by atoms with Gasteiger partial charge in [0, 0.05) is 12.6 Å². The van der Waals surface area contributed by atoms with Crippen LogP contribution in [0, 0.1) is 5.92 Å². The summed E-state index contributed by atoms with van der Waals surface area (Å²) in [4.78, 5) is 0.239. The molecule has 120 valence electrons. The fourth-order valence-electron chi connectivity index (χ4n) is 2.23. The minimum atomic E-state index is -3.52. The van der Waals surface area contributed by atoms with Crippen LogP contribution in [-0.2, 0) is 10.0 Å². The van der Waals surface area contributed by atoms with Gasteiger partial charge in [0.1, 0.15) is 5.75 Å². The number of methoxy groups -OCH3 is 1. The molecule has 0 saturated carbocycles. The maximum atomic E-state index is 12.4. The maximum absolute atomic E-state index is 12.4. The smallest absolute Gasteiger partial charge is 0.240 e. The molecule has 2 rings (SSSR count). The van der Waals surface area contributed by atoms with Gasteiger partial charge in [0.05, 0.1) is 16.5 Å². The second-order valence-corrected chi connectivity index (χ2v) is 7.56. The third kappa shape index (κ3) is 4.56. The van der Waals surface area contributed by atoms with Crippen LogP contribution in [0.5, 0.6) is 5.75 Å². The average Bonchev–Trinajstić information content (AvgIpc) is 2.41. The fourth-order valence-corrected chi connectivity index (χ4v) is 4.29. The van der Waals surface area contributed by atoms with E-state index in [2.05, 4.69) is 32.9 Å². The van der Waals surface area contributed by atoms with Crippen molar-refractivity contribution in [2.45, 2.75) is 24.3 Å². The number of sulfonamides is 1. The van der Waals surface area contributed by atoms with E-state index in [0.717, 1.165) is 13.0 Å². The first-order valence-electron chi connectivity index (χ1n) is 6.50. The summed E-state index contributed by atoms with van der Waals surface area (Å²) >= 11 is 3.31. The van der Waals surface area contributed by atoms with Crippen LogP contribution in [0.1, 0.15) is 13.3 Å². The molecule has 0 aliphatic carbocycles. The van der Waals surface area contributed by atoms with Gasteiger partial charge in [-0.15, -0.1) is 12.4 Å². The van der Waals surface area contributed by atoms with Crippen molar-refractivity contribution in [2.75, 3.05) is 20.2 Å². The first-order chi connectivity index (χ1) is 9.44. The zero-order valence-corrected chi connectivity index (χ0v) is 15.1. The van der Waals surface area contributed by atoms with Gasteiger partial charge in [0.2, 0.25) is 10.0 Å². The molecule has 0 aromatic heterocycles. The van der Waals surface area contributed by atoms with Crippen LogP contribution in [0.4, 0.5) is 0 Å². The molecule has 0 radical (unpaired) electrons. The Labute approximate surface area is 140 Å². The molecule has 1 fully saturated rings. The lowest BCUT2D eigenvalue weighted by molar-refractivity contribution is 0.327. The molecule has 0 bridgehead atoms. The molecule has 1 aromatic rings. The molecule has 21 heavy (non-hydrogen) atoms. The van der Waals surface area contributed by atoms with Crippen molar-refractivity contribution < 1.29 is 13.2 Å². The quantitative estimate of drug-likeness (QED) is 0.814. The van der Waals surface area contributed by atoms with E-state index < -0.39 is 10.0 Å². The van der Waals surface area contributed by atoms with E-state index in [-0.39, 0.29) is 23.3 Å². The molecule has 1 heterocycles. The summed E-state index contributed by atoms with van der Waals surface area (Å²) in [6.45, 7) is 3.67. The Morgan fingerprint density at radius 2 is 2.14 bits per heavy atom. The molecular formula is C13H20BrClN2O3S. The Morgan fingerprint density at radius 3 is 2.71 bits per heavy atom. The normalized spacial score (nSPS) is 22.4. The molecule has 1 aliphatic heterocycles. The van der Waals surface area contributed by atoms with Crippen LogP contribution in [0.3, 0.4) is 0 Å². The van der Waals surface area contributed by atoms with Crippen LogP contribution < -0.4 is 14.8 Å². The van der Waals surface area contributed by atoms with E-state index in [1.807, 2.05) is 0 Å². The molecule has 1 aliphatic rings. The van der Waals surface area contributed by atoms with Crippen LogP contribution in [0.25, 0.3) is 0 Å². The predicted octanol–water partition coefficient (Wildman–Crippen LogP) is 2.16. The van der Waals surface area contributed by atoms with Crippen molar-refractivity contribution in [3.63, 3.8) is 0 Å². The van der Waals surface area contributed by atoms with E-state index in [0.29, 0.717) is 22.7 Å². The fraction of sp³-hybridized carbons (Fsp3) is 0.538. The molecular weight excluding hydrogens is 380 g/mol. The first-order valence-corrected chi connectivity index (χ1v) is 8.78. The van der Waals surface area contributed by atoms with Crippen molar-refractivity contribution in [1.82, 2.24) is 10.0 Å². The summed E-state index contributed by atoms with van der Waals surface area (Å²) < 4.78 is 33.3. The number of nitrogens with one attached hydrogen (secondary N) is 2. The second kappa shape index (κ2) is 7.78. The molecule has 5 nitrogen and oxygen atoms in total. The Hall–Kier alpha value is -0.340. The van der Waals surface area contributed by atoms with Gasteiger partial charge in [-0.05, 0) is 53.0 Å². The summed E-state index contributed by atoms with van der Waals surface area (Å²) in [6.07, 6.45) is 0.972. The standard InChI is InChI=1S/C13H19BrN2O3S.ClH/c1-9-5-6-15-8-12(9)16-20(17,18)10-3-4-13(19-2)11(14)7-10;/h3-4,7,9,12,15-16H,5-6,8H2,1-2H3;1H. The molecule has 8 heteroatoms. The summed E-state index contributed by atoms with van der Waals surface area (Å²) in [7, 11) is -1.97. The number of rotatable bonds is 4. The molecule has 0 amide bonds. The van der Waals surface area contributed by atoms with Gasteiger partial charge in [-0.3, -0.25) is 0 Å². The minimum absolute atomic E-state index is 0. The Balaban J connectivity index is 0.00000220. The van der Waals surface area contributed by atoms with E-state index in [4.69, 9.17) is 4.74 Å². The van der Waals surface area contributed by atoms with Gasteiger partial charge < -0.3 is 10.1 Å². The van der Waals surface area contributed by atoms with Gasteiger partial charge >= 0.3 is 0 Å². The number of ether oxygens (including phenoxy) is 1. The SMILES string of the molecule is COc1ccc(S(=O)(=O)NC2CNCCC2C)cc1Br.Cl. The highest BCUT2D eigenvalue weighted by atomic mass is 79.9. The van der Waals surface area contributed by atoms with Crippen molar-refractivity contribution in [3.8, 4) is 5.75 Å². The lowest BCUT2D eigenvalue weighted by Gasteiger charge is -2.30. The van der Waals surface area contributed by atoms with Gasteiger partial charge in [0.25, 0.3) is 0 Å². The summed E-state index contributed by atoms with van der Waals surface area (Å²) in [5.41, 5.74) is 0. The lowest BCUT2D eigenvalue weighted by atomic mass is 9.96. The number of benzene rings is 1. The molecule has 2 unspecified atom stereocenters. The number of halogens is 2. The lowest BCUT2D eigenvalue weighted by Crippen LogP contribution is -2.50. The van der Waals surface area contributed by atoms with Crippen LogP contribution in [0.2, 0.25) is 0 Å². The van der Waals surface area contributed by atoms with Gasteiger partial charge in [-0.1, -0.05) is 6.92 Å². The number of hydrogen-bond donors (Lipinski definition) is 2. The monoisotopic (exact) mass is 398 g/mol. The third-order valence-corrected chi connectivity index (χ3v) is 5.67. The van der Waals surface area contributed by atoms with Crippen LogP contribution in [0.15, 0.2) is 27.6 Å². The van der Waals surface area contributed by atoms with Crippen molar-refractivity contribution >= 4 is 38.4 Å². The summed E-state index contributed by atoms with van der Waals surface area (Å²) in [5.74, 6) is 0.935. The van der Waals surface area contributed by atoms with Crippen molar-refractivity contribution in [3.05, 3.63) is 22.7 Å². The van der Waals surface area contributed by atoms with Crippen LogP contribution >= 0.6 is 28.3 Å². The molecule has 1 aromatic carbocycles. The Bertz CT molecular complexity index is 583. The number of piperidine rings is 1. The van der Waals surface area contributed by atoms with Crippen molar-refractivity contribution in [2.24, 2.45) is 5.92 Å². The Kier molecular flexibility index (Phi) is 6.93. The first kappa shape index (κ1) is 18.7.